The molecule has 2 aromatic heterocycles. The molecule has 1 aliphatic rings. The largest absolute Gasteiger partial charge is 0.298 e. The smallest absolute Gasteiger partial charge is 0.257 e. The number of thiazole rings is 1. The lowest BCUT2D eigenvalue weighted by atomic mass is 10.00. The SMILES string of the molecule is Cc1cnc(NC(=O)c2cccc(C3CN(S(C)(=O)=O)CCN3Cc3ccc(Cl)cn3)c2)s1. The van der Waals surface area contributed by atoms with Crippen molar-refractivity contribution < 1.29 is 13.2 Å². The fourth-order valence-electron chi connectivity index (χ4n) is 3.78. The molecule has 33 heavy (non-hydrogen) atoms. The zero-order chi connectivity index (χ0) is 23.6. The number of sulfonamides is 1. The van der Waals surface area contributed by atoms with Crippen LogP contribution in [0.5, 0.6) is 0 Å². The predicted octanol–water partition coefficient (Wildman–Crippen LogP) is 3.57. The van der Waals surface area contributed by atoms with Crippen LogP contribution in [-0.2, 0) is 16.6 Å². The topological polar surface area (TPSA) is 95.5 Å². The highest BCUT2D eigenvalue weighted by Crippen LogP contribution is 2.29. The van der Waals surface area contributed by atoms with Crippen LogP contribution >= 0.6 is 22.9 Å². The normalized spacial score (nSPS) is 17.7. The number of nitrogens with one attached hydrogen (secondary N) is 1. The second kappa shape index (κ2) is 9.86. The molecule has 3 aromatic rings. The van der Waals surface area contributed by atoms with Crippen molar-refractivity contribution in [3.63, 3.8) is 0 Å². The maximum atomic E-state index is 12.8. The molecule has 8 nitrogen and oxygen atoms in total. The third-order valence-corrected chi connectivity index (χ3v) is 7.77. The van der Waals surface area contributed by atoms with E-state index >= 15 is 0 Å². The highest BCUT2D eigenvalue weighted by atomic mass is 35.5. The molecule has 4 rings (SSSR count). The van der Waals surface area contributed by atoms with Gasteiger partial charge in [0.15, 0.2) is 5.13 Å². The number of carbonyl (C=O) groups is 1. The van der Waals surface area contributed by atoms with Gasteiger partial charge in [-0.05, 0) is 36.8 Å². The van der Waals surface area contributed by atoms with E-state index in [-0.39, 0.29) is 11.9 Å². The molecule has 1 fully saturated rings. The highest BCUT2D eigenvalue weighted by molar-refractivity contribution is 7.88. The molecule has 1 aromatic carbocycles. The Labute approximate surface area is 202 Å². The first kappa shape index (κ1) is 23.8. The maximum absolute atomic E-state index is 12.8. The van der Waals surface area contributed by atoms with Gasteiger partial charge in [-0.15, -0.1) is 11.3 Å². The van der Waals surface area contributed by atoms with Gasteiger partial charge in [-0.1, -0.05) is 23.7 Å². The molecule has 0 aliphatic carbocycles. The summed E-state index contributed by atoms with van der Waals surface area (Å²) in [7, 11) is -3.35. The van der Waals surface area contributed by atoms with Gasteiger partial charge < -0.3 is 0 Å². The molecule has 1 saturated heterocycles. The highest BCUT2D eigenvalue weighted by Gasteiger charge is 2.32. The lowest BCUT2D eigenvalue weighted by Crippen LogP contribution is -2.49. The number of nitrogens with zero attached hydrogens (tertiary/aromatic N) is 4. The zero-order valence-electron chi connectivity index (χ0n) is 18.2. The first-order valence-electron chi connectivity index (χ1n) is 10.3. The van der Waals surface area contributed by atoms with Crippen LogP contribution in [0.15, 0.2) is 48.8 Å². The summed E-state index contributed by atoms with van der Waals surface area (Å²) >= 11 is 7.37. The summed E-state index contributed by atoms with van der Waals surface area (Å²) in [6.07, 6.45) is 4.53. The van der Waals surface area contributed by atoms with E-state index in [1.807, 2.05) is 31.2 Å². The number of amides is 1. The second-order valence-corrected chi connectivity index (χ2v) is 11.6. The number of hydrogen-bond acceptors (Lipinski definition) is 7. The van der Waals surface area contributed by atoms with Crippen LogP contribution in [0.4, 0.5) is 5.13 Å². The Kier molecular flexibility index (Phi) is 7.10. The third kappa shape index (κ3) is 5.96. The van der Waals surface area contributed by atoms with Crippen molar-refractivity contribution >= 4 is 44.0 Å². The average molecular weight is 506 g/mol. The molecular weight excluding hydrogens is 482 g/mol. The summed E-state index contributed by atoms with van der Waals surface area (Å²) in [5.74, 6) is -0.257. The van der Waals surface area contributed by atoms with E-state index in [2.05, 4.69) is 20.2 Å². The van der Waals surface area contributed by atoms with Gasteiger partial charge in [0.2, 0.25) is 10.0 Å². The molecule has 3 heterocycles. The summed E-state index contributed by atoms with van der Waals surface area (Å²) in [6, 6.07) is 10.7. The van der Waals surface area contributed by atoms with E-state index in [1.54, 1.807) is 24.5 Å². The van der Waals surface area contributed by atoms with Crippen molar-refractivity contribution in [3.8, 4) is 0 Å². The number of hydrogen-bond donors (Lipinski definition) is 1. The molecule has 174 valence electrons. The lowest BCUT2D eigenvalue weighted by Gasteiger charge is -2.40. The quantitative estimate of drug-likeness (QED) is 0.550. The first-order valence-corrected chi connectivity index (χ1v) is 13.4. The third-order valence-electron chi connectivity index (χ3n) is 5.45. The van der Waals surface area contributed by atoms with Crippen LogP contribution in [0.3, 0.4) is 0 Å². The summed E-state index contributed by atoms with van der Waals surface area (Å²) < 4.78 is 26.0. The van der Waals surface area contributed by atoms with Crippen LogP contribution in [0.2, 0.25) is 5.02 Å². The van der Waals surface area contributed by atoms with Gasteiger partial charge in [0.25, 0.3) is 5.91 Å². The van der Waals surface area contributed by atoms with Crippen molar-refractivity contribution in [1.29, 1.82) is 0 Å². The number of piperazine rings is 1. The number of pyridine rings is 1. The van der Waals surface area contributed by atoms with Gasteiger partial charge in [-0.25, -0.2) is 13.4 Å². The van der Waals surface area contributed by atoms with E-state index in [4.69, 9.17) is 11.6 Å². The summed E-state index contributed by atoms with van der Waals surface area (Å²) in [6.45, 7) is 3.69. The van der Waals surface area contributed by atoms with Crippen LogP contribution < -0.4 is 5.32 Å². The Balaban J connectivity index is 1.60. The van der Waals surface area contributed by atoms with E-state index in [1.165, 1.54) is 21.9 Å². The Morgan fingerprint density at radius 1 is 1.21 bits per heavy atom. The first-order chi connectivity index (χ1) is 15.7. The van der Waals surface area contributed by atoms with Crippen molar-refractivity contribution in [2.24, 2.45) is 0 Å². The monoisotopic (exact) mass is 505 g/mol. The second-order valence-electron chi connectivity index (χ2n) is 7.93. The average Bonchev–Trinajstić information content (AvgIpc) is 3.19. The van der Waals surface area contributed by atoms with Gasteiger partial charge in [-0.2, -0.15) is 4.31 Å². The Morgan fingerprint density at radius 3 is 2.70 bits per heavy atom. The standard InChI is InChI=1S/C22H24ClN5O3S2/c1-15-11-25-22(32-15)26-21(29)17-5-3-4-16(10-17)20-14-28(33(2,30)31)9-8-27(20)13-19-7-6-18(23)12-24-19/h3-7,10-12,20H,8-9,13-14H2,1-2H3,(H,25,26,29). The minimum absolute atomic E-state index is 0.235. The number of carbonyl (C=O) groups excluding carboxylic acids is 1. The van der Waals surface area contributed by atoms with Gasteiger partial charge in [0.1, 0.15) is 0 Å². The number of aromatic nitrogens is 2. The summed E-state index contributed by atoms with van der Waals surface area (Å²) in [5.41, 5.74) is 2.19. The van der Waals surface area contributed by atoms with Crippen molar-refractivity contribution in [2.45, 2.75) is 19.5 Å². The van der Waals surface area contributed by atoms with Crippen molar-refractivity contribution in [2.75, 3.05) is 31.2 Å². The predicted molar refractivity (Wildman–Crippen MR) is 130 cm³/mol. The van der Waals surface area contributed by atoms with Crippen molar-refractivity contribution in [1.82, 2.24) is 19.2 Å². The molecule has 0 spiro atoms. The molecule has 1 unspecified atom stereocenters. The molecule has 0 saturated carbocycles. The zero-order valence-corrected chi connectivity index (χ0v) is 20.6. The van der Waals surface area contributed by atoms with E-state index in [0.717, 1.165) is 16.1 Å². The minimum atomic E-state index is -3.35. The van der Waals surface area contributed by atoms with E-state index in [9.17, 15) is 13.2 Å². The molecule has 1 atom stereocenters. The fraction of sp³-hybridized carbons (Fsp3) is 0.318. The maximum Gasteiger partial charge on any atom is 0.257 e. The Bertz CT molecular complexity index is 1250. The molecule has 1 amide bonds. The summed E-state index contributed by atoms with van der Waals surface area (Å²) in [5, 5.41) is 3.93. The Hall–Kier alpha value is -2.37. The van der Waals surface area contributed by atoms with E-state index in [0.29, 0.717) is 41.9 Å². The van der Waals surface area contributed by atoms with E-state index < -0.39 is 10.0 Å². The Morgan fingerprint density at radius 2 is 2.03 bits per heavy atom. The van der Waals surface area contributed by atoms with Gasteiger partial charge in [0, 0.05) is 55.1 Å². The lowest BCUT2D eigenvalue weighted by molar-refractivity contribution is 0.102. The van der Waals surface area contributed by atoms with Crippen LogP contribution in [0.1, 0.15) is 32.5 Å². The number of benzene rings is 1. The molecule has 1 N–H and O–H groups in total. The molecule has 0 radical (unpaired) electrons. The number of halogens is 1. The molecule has 11 heteroatoms. The van der Waals surface area contributed by atoms with Gasteiger partial charge in [0.05, 0.1) is 17.0 Å². The molecular formula is C22H24ClN5O3S2. The van der Waals surface area contributed by atoms with Crippen molar-refractivity contribution in [3.05, 3.63) is 75.5 Å². The fourth-order valence-corrected chi connectivity index (χ4v) is 5.38. The van der Waals surface area contributed by atoms with Gasteiger partial charge in [-0.3, -0.25) is 20.0 Å². The van der Waals surface area contributed by atoms with Crippen LogP contribution in [-0.4, -0.2) is 59.4 Å². The minimum Gasteiger partial charge on any atom is -0.298 e. The summed E-state index contributed by atoms with van der Waals surface area (Å²) in [4.78, 5) is 24.6. The molecule has 1 aliphatic heterocycles. The number of aryl methyl sites for hydroxylation is 1. The molecule has 0 bridgehead atoms. The number of rotatable bonds is 6. The van der Waals surface area contributed by atoms with Crippen LogP contribution in [0, 0.1) is 6.92 Å². The van der Waals surface area contributed by atoms with Crippen LogP contribution in [0.25, 0.3) is 0 Å². The number of anilines is 1. The van der Waals surface area contributed by atoms with Gasteiger partial charge >= 0.3 is 0 Å².